The summed E-state index contributed by atoms with van der Waals surface area (Å²) >= 11 is 3.35. The molecule has 1 aromatic heterocycles. The van der Waals surface area contributed by atoms with E-state index in [1.165, 1.54) is 0 Å². The summed E-state index contributed by atoms with van der Waals surface area (Å²) in [5, 5.41) is 0. The average Bonchev–Trinajstić information content (AvgIpc) is 3.07. The summed E-state index contributed by atoms with van der Waals surface area (Å²) in [6.45, 7) is 1.55. The van der Waals surface area contributed by atoms with E-state index in [9.17, 15) is 17.2 Å². The van der Waals surface area contributed by atoms with Gasteiger partial charge in [0.15, 0.2) is 11.6 Å². The van der Waals surface area contributed by atoms with Gasteiger partial charge in [0.05, 0.1) is 17.9 Å². The maximum atomic E-state index is 13.8. The molecule has 0 radical (unpaired) electrons. The summed E-state index contributed by atoms with van der Waals surface area (Å²) in [5.74, 6) is -2.29. The van der Waals surface area contributed by atoms with E-state index >= 15 is 0 Å². The summed E-state index contributed by atoms with van der Waals surface area (Å²) in [6, 6.07) is 9.71. The molecule has 0 saturated heterocycles. The van der Waals surface area contributed by atoms with Crippen molar-refractivity contribution < 1.29 is 17.2 Å². The lowest BCUT2D eigenvalue weighted by Gasteiger charge is -2.13. The minimum Gasteiger partial charge on any atom is -0.341 e. The number of nitrogens with one attached hydrogen (secondary N) is 2. The minimum absolute atomic E-state index is 0.350. The minimum atomic E-state index is -4.25. The molecule has 0 aliphatic rings. The maximum absolute atomic E-state index is 13.8. The highest BCUT2D eigenvalue weighted by Gasteiger charge is 2.25. The largest absolute Gasteiger partial charge is 0.341 e. The second kappa shape index (κ2) is 7.26. The molecule has 0 fully saturated rings. The van der Waals surface area contributed by atoms with Gasteiger partial charge in [-0.05, 0) is 36.8 Å². The molecule has 0 aliphatic heterocycles. The first-order chi connectivity index (χ1) is 12.3. The Morgan fingerprint density at radius 1 is 1.15 bits per heavy atom. The van der Waals surface area contributed by atoms with Crippen LogP contribution in [0.5, 0.6) is 0 Å². The molecule has 3 aromatic rings. The Labute approximate surface area is 157 Å². The van der Waals surface area contributed by atoms with Crippen molar-refractivity contribution in [2.75, 3.05) is 0 Å². The topological polar surface area (TPSA) is 74.8 Å². The van der Waals surface area contributed by atoms with Crippen molar-refractivity contribution in [3.63, 3.8) is 0 Å². The number of hydrogen-bond donors (Lipinski definition) is 2. The molecule has 136 valence electrons. The molecule has 3 rings (SSSR count). The molecular weight excluding hydrogens is 428 g/mol. The number of aromatic nitrogens is 2. The van der Waals surface area contributed by atoms with Gasteiger partial charge < -0.3 is 4.98 Å². The van der Waals surface area contributed by atoms with Gasteiger partial charge in [-0.1, -0.05) is 34.1 Å². The second-order valence-corrected chi connectivity index (χ2v) is 8.18. The molecule has 0 bridgehead atoms. The van der Waals surface area contributed by atoms with Crippen molar-refractivity contribution in [3.8, 4) is 11.3 Å². The Kier molecular flexibility index (Phi) is 5.22. The number of sulfonamides is 1. The van der Waals surface area contributed by atoms with Crippen molar-refractivity contribution in [1.29, 1.82) is 0 Å². The van der Waals surface area contributed by atoms with E-state index in [1.54, 1.807) is 13.1 Å². The van der Waals surface area contributed by atoms with Crippen LogP contribution >= 0.6 is 15.9 Å². The van der Waals surface area contributed by atoms with Gasteiger partial charge in [0.2, 0.25) is 10.0 Å². The van der Waals surface area contributed by atoms with Crippen LogP contribution < -0.4 is 4.72 Å². The Balaban J connectivity index is 1.83. The Hall–Kier alpha value is -2.10. The number of hydrogen-bond acceptors (Lipinski definition) is 3. The van der Waals surface area contributed by atoms with Gasteiger partial charge in [0.25, 0.3) is 0 Å². The average molecular weight is 442 g/mol. The van der Waals surface area contributed by atoms with Crippen molar-refractivity contribution in [2.45, 2.75) is 17.9 Å². The van der Waals surface area contributed by atoms with E-state index in [-0.39, 0.29) is 0 Å². The molecule has 0 unspecified atom stereocenters. The van der Waals surface area contributed by atoms with E-state index in [1.807, 2.05) is 24.3 Å². The molecule has 2 aromatic carbocycles. The zero-order valence-corrected chi connectivity index (χ0v) is 15.9. The Morgan fingerprint density at radius 3 is 2.54 bits per heavy atom. The van der Waals surface area contributed by atoms with Crippen molar-refractivity contribution in [2.24, 2.45) is 0 Å². The van der Waals surface area contributed by atoms with Crippen molar-refractivity contribution >= 4 is 26.0 Å². The number of rotatable bonds is 5. The van der Waals surface area contributed by atoms with Crippen LogP contribution in [0.2, 0.25) is 0 Å². The van der Waals surface area contributed by atoms with Crippen molar-refractivity contribution in [3.05, 3.63) is 70.6 Å². The first-order valence-corrected chi connectivity index (χ1v) is 9.83. The van der Waals surface area contributed by atoms with Crippen LogP contribution in [0.4, 0.5) is 8.78 Å². The highest BCUT2D eigenvalue weighted by Crippen LogP contribution is 2.23. The number of aromatic amines is 1. The molecule has 9 heteroatoms. The van der Waals surface area contributed by atoms with Crippen LogP contribution in [0.15, 0.2) is 58.0 Å². The third-order valence-corrected chi connectivity index (χ3v) is 5.79. The Morgan fingerprint density at radius 2 is 1.85 bits per heavy atom. The maximum Gasteiger partial charge on any atom is 0.244 e. The zero-order valence-electron chi connectivity index (χ0n) is 13.5. The lowest BCUT2D eigenvalue weighted by atomic mass is 10.2. The standard InChI is InChI=1S/C17H14BrF2N3O2S/c1-10(23-26(24,25)15-4-2-3-13(19)16(15)20)17-21-9-14(22-17)11-5-7-12(18)8-6-11/h2-10,23H,1H3,(H,21,22)/t10-/m0/s1. The molecule has 0 amide bonds. The normalized spacial score (nSPS) is 12.9. The first-order valence-electron chi connectivity index (χ1n) is 7.55. The van der Waals surface area contributed by atoms with Crippen LogP contribution in [-0.2, 0) is 10.0 Å². The predicted molar refractivity (Wildman–Crippen MR) is 96.8 cm³/mol. The fourth-order valence-electron chi connectivity index (χ4n) is 2.38. The number of benzene rings is 2. The van der Waals surface area contributed by atoms with Crippen LogP contribution in [0, 0.1) is 11.6 Å². The van der Waals surface area contributed by atoms with Gasteiger partial charge in [-0.25, -0.2) is 26.9 Å². The lowest BCUT2D eigenvalue weighted by Crippen LogP contribution is -2.28. The summed E-state index contributed by atoms with van der Waals surface area (Å²) in [6.07, 6.45) is 1.58. The zero-order chi connectivity index (χ0) is 18.9. The molecule has 5 nitrogen and oxygen atoms in total. The van der Waals surface area contributed by atoms with Crippen molar-refractivity contribution in [1.82, 2.24) is 14.7 Å². The monoisotopic (exact) mass is 441 g/mol. The smallest absolute Gasteiger partial charge is 0.244 e. The number of halogens is 3. The van der Waals surface area contributed by atoms with Crippen LogP contribution in [-0.4, -0.2) is 18.4 Å². The molecule has 1 heterocycles. The van der Waals surface area contributed by atoms with E-state index in [4.69, 9.17) is 0 Å². The van der Waals surface area contributed by atoms with Crippen LogP contribution in [0.25, 0.3) is 11.3 Å². The van der Waals surface area contributed by atoms with E-state index in [0.717, 1.165) is 28.2 Å². The SMILES string of the molecule is C[C@H](NS(=O)(=O)c1cccc(F)c1F)c1ncc(-c2ccc(Br)cc2)[nH]1. The Bertz CT molecular complexity index is 1040. The van der Waals surface area contributed by atoms with Gasteiger partial charge in [0.1, 0.15) is 10.7 Å². The summed E-state index contributed by atoms with van der Waals surface area (Å²) in [5.41, 5.74) is 1.58. The number of imidazole rings is 1. The number of nitrogens with zero attached hydrogens (tertiary/aromatic N) is 1. The fraction of sp³-hybridized carbons (Fsp3) is 0.118. The van der Waals surface area contributed by atoms with Crippen LogP contribution in [0.3, 0.4) is 0 Å². The molecule has 0 aliphatic carbocycles. The molecule has 0 spiro atoms. The van der Waals surface area contributed by atoms with Crippen LogP contribution in [0.1, 0.15) is 18.8 Å². The lowest BCUT2D eigenvalue weighted by molar-refractivity contribution is 0.481. The van der Waals surface area contributed by atoms with E-state index in [0.29, 0.717) is 11.5 Å². The first kappa shape index (κ1) is 18.7. The van der Waals surface area contributed by atoms with E-state index in [2.05, 4.69) is 30.6 Å². The molecule has 2 N–H and O–H groups in total. The molecular formula is C17H14BrF2N3O2S. The molecule has 26 heavy (non-hydrogen) atoms. The highest BCUT2D eigenvalue weighted by molar-refractivity contribution is 9.10. The quantitative estimate of drug-likeness (QED) is 0.624. The van der Waals surface area contributed by atoms with E-state index < -0.39 is 32.6 Å². The van der Waals surface area contributed by atoms with Gasteiger partial charge in [-0.3, -0.25) is 0 Å². The number of H-pyrrole nitrogens is 1. The summed E-state index contributed by atoms with van der Waals surface area (Å²) in [7, 11) is -4.25. The van der Waals surface area contributed by atoms with Gasteiger partial charge in [0, 0.05) is 4.47 Å². The van der Waals surface area contributed by atoms with Gasteiger partial charge >= 0.3 is 0 Å². The predicted octanol–water partition coefficient (Wildman–Crippen LogP) is 4.16. The third-order valence-electron chi connectivity index (χ3n) is 3.70. The molecule has 0 saturated carbocycles. The second-order valence-electron chi connectivity index (χ2n) is 5.58. The third kappa shape index (κ3) is 3.84. The fourth-order valence-corrected chi connectivity index (χ4v) is 3.94. The summed E-state index contributed by atoms with van der Waals surface area (Å²) in [4.78, 5) is 6.45. The highest BCUT2D eigenvalue weighted by atomic mass is 79.9. The van der Waals surface area contributed by atoms with Gasteiger partial charge in [-0.2, -0.15) is 0 Å². The van der Waals surface area contributed by atoms with Gasteiger partial charge in [-0.15, -0.1) is 0 Å². The summed E-state index contributed by atoms with van der Waals surface area (Å²) < 4.78 is 55.0. The molecule has 1 atom stereocenters.